The van der Waals surface area contributed by atoms with Crippen molar-refractivity contribution in [3.8, 4) is 0 Å². The van der Waals surface area contributed by atoms with Gasteiger partial charge in [0, 0.05) is 26.0 Å². The molecule has 4 aromatic rings. The summed E-state index contributed by atoms with van der Waals surface area (Å²) >= 11 is 0. The van der Waals surface area contributed by atoms with Gasteiger partial charge in [0.15, 0.2) is 11.2 Å². The molecule has 3 heterocycles. The van der Waals surface area contributed by atoms with Gasteiger partial charge in [-0.2, -0.15) is 4.98 Å². The average molecular weight is 323 g/mol. The molecular weight excluding hydrogens is 306 g/mol. The van der Waals surface area contributed by atoms with Crippen LogP contribution in [-0.2, 0) is 20.6 Å². The molecule has 3 aromatic heterocycles. The molecule has 24 heavy (non-hydrogen) atoms. The van der Waals surface area contributed by atoms with Crippen LogP contribution in [0.4, 0.5) is 0 Å². The highest BCUT2D eigenvalue weighted by molar-refractivity contribution is 5.75. The number of rotatable bonds is 2. The van der Waals surface area contributed by atoms with E-state index in [1.54, 1.807) is 11.4 Å². The van der Waals surface area contributed by atoms with E-state index in [1.807, 2.05) is 55.1 Å². The SMILES string of the molecule is Cc1cn2c3c(=O)n(Cc4ccccc4)c(=O)n(C)c3nc2n1C. The highest BCUT2D eigenvalue weighted by Crippen LogP contribution is 2.14. The Morgan fingerprint density at radius 2 is 1.75 bits per heavy atom. The van der Waals surface area contributed by atoms with Crippen LogP contribution >= 0.6 is 0 Å². The van der Waals surface area contributed by atoms with E-state index in [4.69, 9.17) is 0 Å². The van der Waals surface area contributed by atoms with Gasteiger partial charge in [-0.15, -0.1) is 0 Å². The molecule has 0 fully saturated rings. The van der Waals surface area contributed by atoms with Crippen molar-refractivity contribution < 1.29 is 0 Å². The molecule has 0 saturated heterocycles. The van der Waals surface area contributed by atoms with Gasteiger partial charge in [0.1, 0.15) is 0 Å². The molecule has 4 rings (SSSR count). The first-order valence-corrected chi connectivity index (χ1v) is 7.67. The van der Waals surface area contributed by atoms with E-state index >= 15 is 0 Å². The van der Waals surface area contributed by atoms with E-state index in [9.17, 15) is 9.59 Å². The van der Waals surface area contributed by atoms with E-state index in [0.717, 1.165) is 11.3 Å². The van der Waals surface area contributed by atoms with Crippen LogP contribution < -0.4 is 11.2 Å². The van der Waals surface area contributed by atoms with Crippen molar-refractivity contribution in [1.82, 2.24) is 23.1 Å². The smallest absolute Gasteiger partial charge is 0.317 e. The Bertz CT molecular complexity index is 1190. The van der Waals surface area contributed by atoms with Gasteiger partial charge >= 0.3 is 5.69 Å². The molecule has 0 aliphatic carbocycles. The Labute approximate surface area is 137 Å². The average Bonchev–Trinajstić information content (AvgIpc) is 3.08. The molecule has 1 aromatic carbocycles. The van der Waals surface area contributed by atoms with Crippen molar-refractivity contribution in [3.63, 3.8) is 0 Å². The van der Waals surface area contributed by atoms with E-state index in [-0.39, 0.29) is 17.8 Å². The van der Waals surface area contributed by atoms with Crippen molar-refractivity contribution in [2.75, 3.05) is 0 Å². The maximum atomic E-state index is 13.0. The van der Waals surface area contributed by atoms with Crippen LogP contribution in [0.1, 0.15) is 11.3 Å². The number of benzene rings is 1. The molecule has 122 valence electrons. The lowest BCUT2D eigenvalue weighted by Crippen LogP contribution is -2.39. The summed E-state index contributed by atoms with van der Waals surface area (Å²) < 4.78 is 6.34. The number of imidazole rings is 2. The number of hydrogen-bond acceptors (Lipinski definition) is 3. The van der Waals surface area contributed by atoms with Crippen molar-refractivity contribution >= 4 is 16.9 Å². The normalized spacial score (nSPS) is 11.6. The van der Waals surface area contributed by atoms with Gasteiger partial charge in [-0.1, -0.05) is 30.3 Å². The largest absolute Gasteiger partial charge is 0.332 e. The van der Waals surface area contributed by atoms with Crippen LogP contribution in [0, 0.1) is 6.92 Å². The lowest BCUT2D eigenvalue weighted by atomic mass is 10.2. The molecule has 0 bridgehead atoms. The monoisotopic (exact) mass is 323 g/mol. The van der Waals surface area contributed by atoms with E-state index < -0.39 is 0 Å². The zero-order valence-electron chi connectivity index (χ0n) is 13.7. The summed E-state index contributed by atoms with van der Waals surface area (Å²) in [5, 5.41) is 0. The molecule has 0 spiro atoms. The molecule has 7 nitrogen and oxygen atoms in total. The van der Waals surface area contributed by atoms with E-state index in [0.29, 0.717) is 16.9 Å². The first-order chi connectivity index (χ1) is 11.5. The molecule has 0 atom stereocenters. The van der Waals surface area contributed by atoms with E-state index in [2.05, 4.69) is 4.98 Å². The summed E-state index contributed by atoms with van der Waals surface area (Å²) in [6, 6.07) is 9.48. The fourth-order valence-corrected chi connectivity index (χ4v) is 3.02. The third-order valence-corrected chi connectivity index (χ3v) is 4.49. The first-order valence-electron chi connectivity index (χ1n) is 7.67. The summed E-state index contributed by atoms with van der Waals surface area (Å²) in [7, 11) is 3.53. The number of nitrogens with zero attached hydrogens (tertiary/aromatic N) is 5. The van der Waals surface area contributed by atoms with Gasteiger partial charge in [0.05, 0.1) is 6.54 Å². The summed E-state index contributed by atoms with van der Waals surface area (Å²) in [6.45, 7) is 2.19. The Morgan fingerprint density at radius 1 is 1.04 bits per heavy atom. The molecule has 0 unspecified atom stereocenters. The Kier molecular flexibility index (Phi) is 2.99. The quantitative estimate of drug-likeness (QED) is 0.554. The van der Waals surface area contributed by atoms with Crippen LogP contribution in [0.25, 0.3) is 16.9 Å². The lowest BCUT2D eigenvalue weighted by Gasteiger charge is -2.08. The fraction of sp³-hybridized carbons (Fsp3) is 0.235. The fourth-order valence-electron chi connectivity index (χ4n) is 3.02. The number of aromatic nitrogens is 5. The van der Waals surface area contributed by atoms with Crippen LogP contribution in [0.2, 0.25) is 0 Å². The predicted molar refractivity (Wildman–Crippen MR) is 91.5 cm³/mol. The molecule has 0 aliphatic rings. The molecule has 0 radical (unpaired) electrons. The highest BCUT2D eigenvalue weighted by Gasteiger charge is 2.19. The Hall–Kier alpha value is -3.09. The molecule has 0 aliphatic heterocycles. The van der Waals surface area contributed by atoms with Crippen LogP contribution in [0.5, 0.6) is 0 Å². The maximum absolute atomic E-state index is 13.0. The topological polar surface area (TPSA) is 66.2 Å². The first kappa shape index (κ1) is 14.5. The van der Waals surface area contributed by atoms with Gasteiger partial charge < -0.3 is 4.57 Å². The molecule has 0 amide bonds. The summed E-state index contributed by atoms with van der Waals surface area (Å²) in [6.07, 6.45) is 1.86. The molecular formula is C17H17N5O2. The van der Waals surface area contributed by atoms with Gasteiger partial charge in [-0.3, -0.25) is 18.3 Å². The molecule has 0 N–H and O–H groups in total. The second-order valence-electron chi connectivity index (χ2n) is 6.00. The third kappa shape index (κ3) is 1.87. The highest BCUT2D eigenvalue weighted by atomic mass is 16.2. The zero-order chi connectivity index (χ0) is 17.0. The van der Waals surface area contributed by atoms with Gasteiger partial charge in [-0.05, 0) is 12.5 Å². The van der Waals surface area contributed by atoms with Gasteiger partial charge in [0.25, 0.3) is 5.56 Å². The number of hydrogen-bond donors (Lipinski definition) is 0. The predicted octanol–water partition coefficient (Wildman–Crippen LogP) is 1.04. The minimum absolute atomic E-state index is 0.237. The van der Waals surface area contributed by atoms with E-state index in [1.165, 1.54) is 9.13 Å². The third-order valence-electron chi connectivity index (χ3n) is 4.49. The summed E-state index contributed by atoms with van der Waals surface area (Å²) in [5.41, 5.74) is 2.03. The minimum Gasteiger partial charge on any atom is -0.317 e. The second kappa shape index (κ2) is 4.95. The van der Waals surface area contributed by atoms with Crippen LogP contribution in [-0.4, -0.2) is 23.1 Å². The van der Waals surface area contributed by atoms with Crippen molar-refractivity contribution in [2.45, 2.75) is 13.5 Å². The van der Waals surface area contributed by atoms with Gasteiger partial charge in [-0.25, -0.2) is 4.79 Å². The van der Waals surface area contributed by atoms with Gasteiger partial charge in [0.2, 0.25) is 5.78 Å². The maximum Gasteiger partial charge on any atom is 0.332 e. The Morgan fingerprint density at radius 3 is 2.46 bits per heavy atom. The lowest BCUT2D eigenvalue weighted by molar-refractivity contribution is 0.656. The van der Waals surface area contributed by atoms with Crippen LogP contribution in [0.3, 0.4) is 0 Å². The standard InChI is InChI=1S/C17H17N5O2/c1-11-9-21-13-14(18-16(21)19(11)2)20(3)17(24)22(15(13)23)10-12-7-5-4-6-8-12/h4-9H,10H2,1-3H3. The summed E-state index contributed by atoms with van der Waals surface area (Å²) in [5.74, 6) is 0.645. The minimum atomic E-state index is -0.364. The van der Waals surface area contributed by atoms with Crippen molar-refractivity contribution in [1.29, 1.82) is 0 Å². The van der Waals surface area contributed by atoms with Crippen molar-refractivity contribution in [2.24, 2.45) is 14.1 Å². The Balaban J connectivity index is 2.08. The molecule has 7 heteroatoms. The number of fused-ring (bicyclic) bond motifs is 3. The summed E-state index contributed by atoms with van der Waals surface area (Å²) in [4.78, 5) is 30.1. The second-order valence-corrected chi connectivity index (χ2v) is 6.00. The molecule has 0 saturated carbocycles. The zero-order valence-corrected chi connectivity index (χ0v) is 13.7. The van der Waals surface area contributed by atoms with Crippen molar-refractivity contribution in [3.05, 3.63) is 68.6 Å². The number of aryl methyl sites for hydroxylation is 3. The van der Waals surface area contributed by atoms with Crippen LogP contribution in [0.15, 0.2) is 46.1 Å².